The van der Waals surface area contributed by atoms with E-state index in [1.807, 2.05) is 31.2 Å². The number of nitrogens with one attached hydrogen (secondary N) is 1. The lowest BCUT2D eigenvalue weighted by Gasteiger charge is -2.14. The molecule has 1 aromatic carbocycles. The molecule has 0 radical (unpaired) electrons. The van der Waals surface area contributed by atoms with Crippen LogP contribution in [0.4, 0.5) is 0 Å². The molecule has 18 heavy (non-hydrogen) atoms. The number of amides is 1. The Morgan fingerprint density at radius 1 is 1.44 bits per heavy atom. The quantitative estimate of drug-likeness (QED) is 0.754. The van der Waals surface area contributed by atoms with E-state index >= 15 is 0 Å². The molecule has 0 heterocycles. The first-order valence-corrected chi connectivity index (χ1v) is 5.95. The Bertz CT molecular complexity index is 399. The summed E-state index contributed by atoms with van der Waals surface area (Å²) in [5, 5.41) is 2.68. The zero-order valence-corrected chi connectivity index (χ0v) is 10.8. The lowest BCUT2D eigenvalue weighted by molar-refractivity contribution is -0.127. The smallest absolute Gasteiger partial charge is 0.261 e. The first-order chi connectivity index (χ1) is 8.54. The van der Waals surface area contributed by atoms with Gasteiger partial charge < -0.3 is 15.8 Å². The molecule has 3 N–H and O–H groups in total. The summed E-state index contributed by atoms with van der Waals surface area (Å²) in [5.74, 6) is 0.492. The van der Waals surface area contributed by atoms with Gasteiger partial charge in [-0.2, -0.15) is 0 Å². The van der Waals surface area contributed by atoms with Crippen LogP contribution in [-0.2, 0) is 4.79 Å². The Morgan fingerprint density at radius 2 is 2.06 bits per heavy atom. The van der Waals surface area contributed by atoms with Crippen LogP contribution in [0.5, 0.6) is 5.75 Å². The molecule has 1 amide bonds. The van der Waals surface area contributed by atoms with E-state index in [1.165, 1.54) is 0 Å². The minimum Gasteiger partial charge on any atom is -0.481 e. The van der Waals surface area contributed by atoms with Crippen LogP contribution >= 0.6 is 0 Å². The maximum atomic E-state index is 11.6. The van der Waals surface area contributed by atoms with E-state index in [0.717, 1.165) is 5.56 Å². The molecule has 4 heteroatoms. The molecular weight excluding hydrogens is 228 g/mol. The second kappa shape index (κ2) is 6.81. The van der Waals surface area contributed by atoms with Crippen LogP contribution in [0.1, 0.15) is 25.5 Å². The van der Waals surface area contributed by atoms with E-state index in [-0.39, 0.29) is 11.9 Å². The van der Waals surface area contributed by atoms with Crippen molar-refractivity contribution in [1.29, 1.82) is 0 Å². The standard InChI is InChI=1S/C14H20N2O2/c1-4-9-16-14(17)11(3)18-13-7-5-12(6-8-13)10(2)15/h4-8,10-11H,1,9,15H2,2-3H3,(H,16,17). The fraction of sp³-hybridized carbons (Fsp3) is 0.357. The number of benzene rings is 1. The minimum absolute atomic E-state index is 0.00707. The van der Waals surface area contributed by atoms with Crippen molar-refractivity contribution in [2.24, 2.45) is 5.73 Å². The van der Waals surface area contributed by atoms with Crippen molar-refractivity contribution in [3.63, 3.8) is 0 Å². The third kappa shape index (κ3) is 4.22. The molecular formula is C14H20N2O2. The molecule has 0 saturated carbocycles. The number of hydrogen-bond acceptors (Lipinski definition) is 3. The Morgan fingerprint density at radius 3 is 2.56 bits per heavy atom. The fourth-order valence-electron chi connectivity index (χ4n) is 1.42. The molecule has 0 aromatic heterocycles. The van der Waals surface area contributed by atoms with Crippen molar-refractivity contribution >= 4 is 5.91 Å². The summed E-state index contributed by atoms with van der Waals surface area (Å²) in [5.41, 5.74) is 6.79. The molecule has 0 saturated heterocycles. The number of carbonyl (C=O) groups is 1. The van der Waals surface area contributed by atoms with Gasteiger partial charge in [0.15, 0.2) is 6.10 Å². The molecule has 2 atom stereocenters. The molecule has 0 aliphatic carbocycles. The molecule has 0 spiro atoms. The summed E-state index contributed by atoms with van der Waals surface area (Å²) in [6, 6.07) is 7.42. The van der Waals surface area contributed by atoms with Crippen molar-refractivity contribution in [2.45, 2.75) is 26.0 Å². The number of ether oxygens (including phenoxy) is 1. The second-order valence-corrected chi connectivity index (χ2v) is 4.15. The topological polar surface area (TPSA) is 64.3 Å². The van der Waals surface area contributed by atoms with Crippen LogP contribution in [0.3, 0.4) is 0 Å². The van der Waals surface area contributed by atoms with Gasteiger partial charge in [0.25, 0.3) is 5.91 Å². The van der Waals surface area contributed by atoms with Crippen molar-refractivity contribution in [1.82, 2.24) is 5.32 Å². The third-order valence-corrected chi connectivity index (χ3v) is 2.51. The van der Waals surface area contributed by atoms with Crippen LogP contribution in [0.15, 0.2) is 36.9 Å². The maximum absolute atomic E-state index is 11.6. The molecule has 0 aliphatic heterocycles. The lowest BCUT2D eigenvalue weighted by atomic mass is 10.1. The molecule has 1 aromatic rings. The summed E-state index contributed by atoms with van der Waals surface area (Å²) in [6.07, 6.45) is 1.09. The predicted octanol–water partition coefficient (Wildman–Crippen LogP) is 1.78. The Balaban J connectivity index is 2.56. The molecule has 4 nitrogen and oxygen atoms in total. The van der Waals surface area contributed by atoms with Crippen LogP contribution in [-0.4, -0.2) is 18.6 Å². The first-order valence-electron chi connectivity index (χ1n) is 5.95. The molecule has 0 aliphatic rings. The molecule has 98 valence electrons. The largest absolute Gasteiger partial charge is 0.481 e. The summed E-state index contributed by atoms with van der Waals surface area (Å²) in [6.45, 7) is 7.60. The van der Waals surface area contributed by atoms with Gasteiger partial charge in [0.2, 0.25) is 0 Å². The highest BCUT2D eigenvalue weighted by atomic mass is 16.5. The lowest BCUT2D eigenvalue weighted by Crippen LogP contribution is -2.36. The van der Waals surface area contributed by atoms with Crippen LogP contribution < -0.4 is 15.8 Å². The Kier molecular flexibility index (Phi) is 5.39. The zero-order valence-electron chi connectivity index (χ0n) is 10.8. The molecule has 1 rings (SSSR count). The molecule has 2 unspecified atom stereocenters. The fourth-order valence-corrected chi connectivity index (χ4v) is 1.42. The first kappa shape index (κ1) is 14.3. The van der Waals surface area contributed by atoms with Gasteiger partial charge in [-0.25, -0.2) is 0 Å². The summed E-state index contributed by atoms with van der Waals surface area (Å²) in [4.78, 5) is 11.6. The van der Waals surface area contributed by atoms with Gasteiger partial charge in [0, 0.05) is 12.6 Å². The Labute approximate surface area is 108 Å². The van der Waals surface area contributed by atoms with Gasteiger partial charge in [0.1, 0.15) is 5.75 Å². The highest BCUT2D eigenvalue weighted by molar-refractivity contribution is 5.80. The monoisotopic (exact) mass is 248 g/mol. The van der Waals surface area contributed by atoms with Gasteiger partial charge in [0.05, 0.1) is 0 Å². The normalized spacial score (nSPS) is 13.5. The van der Waals surface area contributed by atoms with Gasteiger partial charge in [-0.3, -0.25) is 4.79 Å². The number of rotatable bonds is 6. The number of hydrogen-bond donors (Lipinski definition) is 2. The average Bonchev–Trinajstić information content (AvgIpc) is 2.36. The van der Waals surface area contributed by atoms with Gasteiger partial charge >= 0.3 is 0 Å². The van der Waals surface area contributed by atoms with Gasteiger partial charge in [-0.05, 0) is 31.5 Å². The van der Waals surface area contributed by atoms with E-state index < -0.39 is 6.10 Å². The van der Waals surface area contributed by atoms with Crippen molar-refractivity contribution < 1.29 is 9.53 Å². The van der Waals surface area contributed by atoms with Crippen LogP contribution in [0, 0.1) is 0 Å². The maximum Gasteiger partial charge on any atom is 0.261 e. The molecule has 0 fully saturated rings. The van der Waals surface area contributed by atoms with Crippen molar-refractivity contribution in [3.8, 4) is 5.75 Å². The van der Waals surface area contributed by atoms with Crippen molar-refractivity contribution in [3.05, 3.63) is 42.5 Å². The van der Waals surface area contributed by atoms with E-state index in [0.29, 0.717) is 12.3 Å². The highest BCUT2D eigenvalue weighted by Gasteiger charge is 2.13. The highest BCUT2D eigenvalue weighted by Crippen LogP contribution is 2.17. The Hall–Kier alpha value is -1.81. The van der Waals surface area contributed by atoms with E-state index in [4.69, 9.17) is 10.5 Å². The van der Waals surface area contributed by atoms with Crippen LogP contribution in [0.2, 0.25) is 0 Å². The van der Waals surface area contributed by atoms with Gasteiger partial charge in [-0.15, -0.1) is 6.58 Å². The van der Waals surface area contributed by atoms with Crippen molar-refractivity contribution in [2.75, 3.05) is 6.54 Å². The van der Waals surface area contributed by atoms with E-state index in [2.05, 4.69) is 11.9 Å². The third-order valence-electron chi connectivity index (χ3n) is 2.51. The average molecular weight is 248 g/mol. The van der Waals surface area contributed by atoms with Gasteiger partial charge in [-0.1, -0.05) is 18.2 Å². The predicted molar refractivity (Wildman–Crippen MR) is 72.3 cm³/mol. The van der Waals surface area contributed by atoms with E-state index in [1.54, 1.807) is 13.0 Å². The SMILES string of the molecule is C=CCNC(=O)C(C)Oc1ccc(C(C)N)cc1. The number of nitrogens with two attached hydrogens (primary N) is 1. The summed E-state index contributed by atoms with van der Waals surface area (Å²) >= 11 is 0. The second-order valence-electron chi connectivity index (χ2n) is 4.15. The summed E-state index contributed by atoms with van der Waals surface area (Å²) < 4.78 is 5.52. The van der Waals surface area contributed by atoms with Crippen LogP contribution in [0.25, 0.3) is 0 Å². The number of carbonyl (C=O) groups excluding carboxylic acids is 1. The molecule has 0 bridgehead atoms. The van der Waals surface area contributed by atoms with E-state index in [9.17, 15) is 4.79 Å². The summed E-state index contributed by atoms with van der Waals surface area (Å²) in [7, 11) is 0. The minimum atomic E-state index is -0.536. The zero-order chi connectivity index (χ0) is 13.5.